The topological polar surface area (TPSA) is 113 Å². The van der Waals surface area contributed by atoms with Gasteiger partial charge in [-0.15, -0.1) is 0 Å². The summed E-state index contributed by atoms with van der Waals surface area (Å²) in [5.41, 5.74) is -1.26. The molecular weight excluding hydrogens is 379 g/mol. The van der Waals surface area contributed by atoms with Crippen molar-refractivity contribution in [3.63, 3.8) is 0 Å². The molecule has 1 aliphatic heterocycles. The number of hydrogen-bond donors (Lipinski definition) is 1. The number of rotatable bonds is 4. The van der Waals surface area contributed by atoms with E-state index in [-0.39, 0.29) is 38.6 Å². The number of carbonyl (C=O) groups is 1. The molecule has 144 valence electrons. The minimum absolute atomic E-state index is 0.0168. The maximum absolute atomic E-state index is 13.8. The Morgan fingerprint density at radius 2 is 1.74 bits per heavy atom. The van der Waals surface area contributed by atoms with E-state index in [4.69, 9.17) is 0 Å². The average molecular weight is 396 g/mol. The van der Waals surface area contributed by atoms with Crippen LogP contribution < -0.4 is 11.2 Å². The van der Waals surface area contributed by atoms with Gasteiger partial charge in [-0.1, -0.05) is 12.1 Å². The van der Waals surface area contributed by atoms with E-state index in [0.717, 1.165) is 21.0 Å². The molecule has 1 aromatic heterocycles. The zero-order chi connectivity index (χ0) is 19.6. The summed E-state index contributed by atoms with van der Waals surface area (Å²) in [6, 6.07) is 6.26. The molecule has 27 heavy (non-hydrogen) atoms. The quantitative estimate of drug-likeness (QED) is 0.728. The van der Waals surface area contributed by atoms with E-state index >= 15 is 0 Å². The molecule has 1 aromatic carbocycles. The van der Waals surface area contributed by atoms with Gasteiger partial charge in [-0.05, 0) is 12.1 Å². The van der Waals surface area contributed by atoms with Crippen molar-refractivity contribution in [2.75, 3.05) is 26.2 Å². The SMILES string of the molecule is O=C(Cn1ccc(=O)[nH]c1=O)N1CCN(S(=O)(=O)c2ccccc2F)CC1. The van der Waals surface area contributed by atoms with Crippen LogP contribution >= 0.6 is 0 Å². The highest BCUT2D eigenvalue weighted by Gasteiger charge is 2.31. The van der Waals surface area contributed by atoms with Gasteiger partial charge in [-0.3, -0.25) is 19.1 Å². The van der Waals surface area contributed by atoms with Gasteiger partial charge in [0, 0.05) is 38.4 Å². The highest BCUT2D eigenvalue weighted by molar-refractivity contribution is 7.89. The Labute approximate surface area is 153 Å². The molecule has 0 bridgehead atoms. The number of H-pyrrole nitrogens is 1. The highest BCUT2D eigenvalue weighted by Crippen LogP contribution is 2.20. The summed E-state index contributed by atoms with van der Waals surface area (Å²) >= 11 is 0. The summed E-state index contributed by atoms with van der Waals surface area (Å²) in [4.78, 5) is 38.1. The van der Waals surface area contributed by atoms with Crippen LogP contribution in [0, 0.1) is 5.82 Å². The largest absolute Gasteiger partial charge is 0.338 e. The molecule has 0 unspecified atom stereocenters. The van der Waals surface area contributed by atoms with E-state index in [0.29, 0.717) is 0 Å². The highest BCUT2D eigenvalue weighted by atomic mass is 32.2. The number of sulfonamides is 1. The van der Waals surface area contributed by atoms with Crippen molar-refractivity contribution in [1.82, 2.24) is 18.8 Å². The molecule has 3 rings (SSSR count). The maximum atomic E-state index is 13.8. The van der Waals surface area contributed by atoms with Gasteiger partial charge in [0.15, 0.2) is 0 Å². The number of amides is 1. The number of carbonyl (C=O) groups excluding carboxylic acids is 1. The van der Waals surface area contributed by atoms with Crippen molar-refractivity contribution in [1.29, 1.82) is 0 Å². The lowest BCUT2D eigenvalue weighted by Crippen LogP contribution is -2.51. The van der Waals surface area contributed by atoms with Crippen LogP contribution in [-0.4, -0.2) is 59.3 Å². The molecule has 1 N–H and O–H groups in total. The van der Waals surface area contributed by atoms with E-state index in [1.54, 1.807) is 0 Å². The first-order chi connectivity index (χ1) is 12.8. The number of halogens is 1. The van der Waals surface area contributed by atoms with Crippen molar-refractivity contribution < 1.29 is 17.6 Å². The third-order valence-electron chi connectivity index (χ3n) is 4.25. The smallest absolute Gasteiger partial charge is 0.328 e. The van der Waals surface area contributed by atoms with Crippen LogP contribution in [0.15, 0.2) is 51.0 Å². The monoisotopic (exact) mass is 396 g/mol. The Bertz CT molecular complexity index is 1070. The van der Waals surface area contributed by atoms with E-state index < -0.39 is 32.0 Å². The molecule has 0 aliphatic carbocycles. The number of piperazine rings is 1. The summed E-state index contributed by atoms with van der Waals surface area (Å²) in [7, 11) is -3.99. The Hall–Kier alpha value is -2.79. The van der Waals surface area contributed by atoms with Gasteiger partial charge < -0.3 is 4.90 Å². The summed E-state index contributed by atoms with van der Waals surface area (Å²) in [5, 5.41) is 0. The van der Waals surface area contributed by atoms with Gasteiger partial charge in [0.2, 0.25) is 15.9 Å². The molecule has 0 atom stereocenters. The van der Waals surface area contributed by atoms with E-state index in [2.05, 4.69) is 4.98 Å². The Morgan fingerprint density at radius 3 is 2.37 bits per heavy atom. The minimum atomic E-state index is -3.99. The molecular formula is C16H17FN4O5S. The number of aromatic nitrogens is 2. The van der Waals surface area contributed by atoms with E-state index in [1.165, 1.54) is 29.3 Å². The number of nitrogens with one attached hydrogen (secondary N) is 1. The Balaban J connectivity index is 1.66. The predicted octanol–water partition coefficient (Wildman–Crippen LogP) is -0.791. The molecule has 1 aliphatic rings. The summed E-state index contributed by atoms with van der Waals surface area (Å²) in [6.07, 6.45) is 1.22. The molecule has 1 fully saturated rings. The van der Waals surface area contributed by atoms with Gasteiger partial charge in [-0.2, -0.15) is 4.31 Å². The fourth-order valence-electron chi connectivity index (χ4n) is 2.79. The first-order valence-electron chi connectivity index (χ1n) is 8.11. The van der Waals surface area contributed by atoms with Crippen molar-refractivity contribution in [2.24, 2.45) is 0 Å². The molecule has 2 aromatic rings. The van der Waals surface area contributed by atoms with Crippen molar-refractivity contribution in [3.05, 3.63) is 63.2 Å². The van der Waals surface area contributed by atoms with Crippen molar-refractivity contribution in [2.45, 2.75) is 11.4 Å². The lowest BCUT2D eigenvalue weighted by molar-refractivity contribution is -0.133. The van der Waals surface area contributed by atoms with Gasteiger partial charge >= 0.3 is 5.69 Å². The second-order valence-electron chi connectivity index (χ2n) is 5.95. The van der Waals surface area contributed by atoms with Crippen LogP contribution in [0.25, 0.3) is 0 Å². The standard InChI is InChI=1S/C16H17FN4O5S/c17-12-3-1-2-4-13(12)27(25,26)21-9-7-19(8-10-21)15(23)11-20-6-5-14(22)18-16(20)24/h1-6H,7-11H2,(H,18,22,24). The van der Waals surface area contributed by atoms with Crippen LogP contribution in [-0.2, 0) is 21.4 Å². The van der Waals surface area contributed by atoms with Gasteiger partial charge in [0.05, 0.1) is 0 Å². The number of aromatic amines is 1. The second-order valence-corrected chi connectivity index (χ2v) is 7.86. The molecule has 1 amide bonds. The minimum Gasteiger partial charge on any atom is -0.338 e. The van der Waals surface area contributed by atoms with Crippen LogP contribution in [0.2, 0.25) is 0 Å². The predicted molar refractivity (Wildman–Crippen MR) is 93.1 cm³/mol. The number of benzene rings is 1. The second kappa shape index (κ2) is 7.45. The Kier molecular flexibility index (Phi) is 5.24. The van der Waals surface area contributed by atoms with Crippen LogP contribution in [0.3, 0.4) is 0 Å². The summed E-state index contributed by atoms with van der Waals surface area (Å²) in [6.45, 7) is -0.00320. The molecule has 0 saturated carbocycles. The third kappa shape index (κ3) is 3.98. The number of nitrogens with zero attached hydrogens (tertiary/aromatic N) is 3. The zero-order valence-corrected chi connectivity index (χ0v) is 15.0. The van der Waals surface area contributed by atoms with Gasteiger partial charge in [0.25, 0.3) is 5.56 Å². The lowest BCUT2D eigenvalue weighted by atomic mass is 10.3. The first kappa shape index (κ1) is 19.0. The zero-order valence-electron chi connectivity index (χ0n) is 14.2. The van der Waals surface area contributed by atoms with Crippen LogP contribution in [0.4, 0.5) is 4.39 Å². The molecule has 0 radical (unpaired) electrons. The van der Waals surface area contributed by atoms with Crippen molar-refractivity contribution in [3.8, 4) is 0 Å². The molecule has 0 spiro atoms. The van der Waals surface area contributed by atoms with Crippen LogP contribution in [0.1, 0.15) is 0 Å². The average Bonchev–Trinajstić information content (AvgIpc) is 2.64. The molecule has 9 nitrogen and oxygen atoms in total. The van der Waals surface area contributed by atoms with E-state index in [1.807, 2.05) is 0 Å². The fraction of sp³-hybridized carbons (Fsp3) is 0.312. The molecule has 2 heterocycles. The summed E-state index contributed by atoms with van der Waals surface area (Å²) < 4.78 is 41.1. The molecule has 1 saturated heterocycles. The maximum Gasteiger partial charge on any atom is 0.328 e. The summed E-state index contributed by atoms with van der Waals surface area (Å²) in [5.74, 6) is -1.21. The normalized spacial score (nSPS) is 15.7. The molecule has 11 heteroatoms. The van der Waals surface area contributed by atoms with Gasteiger partial charge in [-0.25, -0.2) is 17.6 Å². The lowest BCUT2D eigenvalue weighted by Gasteiger charge is -2.34. The van der Waals surface area contributed by atoms with Crippen molar-refractivity contribution >= 4 is 15.9 Å². The van der Waals surface area contributed by atoms with E-state index in [9.17, 15) is 27.2 Å². The number of hydrogen-bond acceptors (Lipinski definition) is 5. The first-order valence-corrected chi connectivity index (χ1v) is 9.55. The van der Waals surface area contributed by atoms with Crippen LogP contribution in [0.5, 0.6) is 0 Å². The third-order valence-corrected chi connectivity index (χ3v) is 6.18. The Morgan fingerprint density at radius 1 is 1.07 bits per heavy atom. The van der Waals surface area contributed by atoms with Gasteiger partial charge in [0.1, 0.15) is 17.3 Å². The fourth-order valence-corrected chi connectivity index (χ4v) is 4.27.